The molecule has 2 aromatic heterocycles. The van der Waals surface area contributed by atoms with E-state index in [1.807, 2.05) is 56.4 Å². The minimum atomic E-state index is -3.18. The van der Waals surface area contributed by atoms with Crippen molar-refractivity contribution in [3.63, 3.8) is 0 Å². The van der Waals surface area contributed by atoms with Crippen LogP contribution in [0.3, 0.4) is 0 Å². The molecule has 4 aromatic rings. The third kappa shape index (κ3) is 5.99. The van der Waals surface area contributed by atoms with Crippen molar-refractivity contribution in [1.82, 2.24) is 19.3 Å². The van der Waals surface area contributed by atoms with Crippen LogP contribution in [-0.2, 0) is 10.0 Å². The van der Waals surface area contributed by atoms with Crippen LogP contribution in [0, 0.1) is 12.8 Å². The van der Waals surface area contributed by atoms with Gasteiger partial charge in [-0.25, -0.2) is 23.1 Å². The van der Waals surface area contributed by atoms with Crippen molar-refractivity contribution in [3.8, 4) is 0 Å². The minimum Gasteiger partial charge on any atom is -0.356 e. The van der Waals surface area contributed by atoms with Crippen LogP contribution in [0.2, 0.25) is 5.02 Å². The first-order valence-corrected chi connectivity index (χ1v) is 15.5. The summed E-state index contributed by atoms with van der Waals surface area (Å²) in [6.07, 6.45) is 8.16. The fourth-order valence-electron chi connectivity index (χ4n) is 5.36. The number of hydrogen-bond donors (Lipinski definition) is 2. The van der Waals surface area contributed by atoms with E-state index in [2.05, 4.69) is 24.9 Å². The van der Waals surface area contributed by atoms with E-state index in [1.165, 1.54) is 12.6 Å². The summed E-state index contributed by atoms with van der Waals surface area (Å²) >= 11 is 6.31. The molecular weight excluding hydrogens is 548 g/mol. The third-order valence-corrected chi connectivity index (χ3v) is 8.81. The molecule has 11 heteroatoms. The van der Waals surface area contributed by atoms with Crippen LogP contribution in [0.4, 0.5) is 17.2 Å². The van der Waals surface area contributed by atoms with E-state index in [0.29, 0.717) is 34.4 Å². The molecule has 1 saturated carbocycles. The molecule has 0 radical (unpaired) electrons. The Morgan fingerprint density at radius 1 is 1.05 bits per heavy atom. The second-order valence-electron chi connectivity index (χ2n) is 10.4. The van der Waals surface area contributed by atoms with Crippen molar-refractivity contribution in [1.29, 1.82) is 0 Å². The van der Waals surface area contributed by atoms with Gasteiger partial charge in [0, 0.05) is 36.5 Å². The number of aromatic nitrogens is 3. The summed E-state index contributed by atoms with van der Waals surface area (Å²) in [5, 5.41) is 4.82. The molecule has 2 N–H and O–H groups in total. The summed E-state index contributed by atoms with van der Waals surface area (Å²) in [4.78, 5) is 25.0. The number of para-hydroxylation sites is 1. The topological polar surface area (TPSA) is 109 Å². The van der Waals surface area contributed by atoms with E-state index in [9.17, 15) is 13.2 Å². The number of carbonyl (C=O) groups is 1. The Hall–Kier alpha value is -3.47. The lowest BCUT2D eigenvalue weighted by Gasteiger charge is -2.35. The normalized spacial score (nSPS) is 17.6. The number of halogens is 1. The lowest BCUT2D eigenvalue weighted by atomic mass is 9.85. The molecule has 0 unspecified atom stereocenters. The number of benzene rings is 2. The van der Waals surface area contributed by atoms with Crippen molar-refractivity contribution in [2.45, 2.75) is 38.6 Å². The lowest BCUT2D eigenvalue weighted by molar-refractivity contribution is 0.0965. The van der Waals surface area contributed by atoms with Gasteiger partial charge in [0.25, 0.3) is 5.91 Å². The predicted octanol–water partition coefficient (Wildman–Crippen LogP) is 5.37. The molecule has 1 aliphatic rings. The summed E-state index contributed by atoms with van der Waals surface area (Å²) in [6, 6.07) is 15.2. The van der Waals surface area contributed by atoms with Gasteiger partial charge in [0.05, 0.1) is 22.9 Å². The summed E-state index contributed by atoms with van der Waals surface area (Å²) in [5.74, 6) is 0.895. The largest absolute Gasteiger partial charge is 0.356 e. The van der Waals surface area contributed by atoms with E-state index >= 15 is 0 Å². The maximum Gasteiger partial charge on any atom is 0.265 e. The van der Waals surface area contributed by atoms with Gasteiger partial charge in [0.1, 0.15) is 12.1 Å². The fraction of sp³-hybridized carbons (Fsp3) is 0.345. The molecule has 0 spiro atoms. The van der Waals surface area contributed by atoms with Crippen LogP contribution in [0.15, 0.2) is 61.1 Å². The molecular formula is C29H33ClN6O3S. The van der Waals surface area contributed by atoms with Gasteiger partial charge in [-0.1, -0.05) is 29.8 Å². The van der Waals surface area contributed by atoms with Crippen LogP contribution >= 0.6 is 11.6 Å². The van der Waals surface area contributed by atoms with Crippen molar-refractivity contribution in [3.05, 3.63) is 77.2 Å². The highest BCUT2D eigenvalue weighted by atomic mass is 35.5. The molecule has 0 bridgehead atoms. The van der Waals surface area contributed by atoms with E-state index in [1.54, 1.807) is 16.8 Å². The summed E-state index contributed by atoms with van der Waals surface area (Å²) in [5.41, 5.74) is 3.46. The average Bonchev–Trinajstić information content (AvgIpc) is 3.38. The quantitative estimate of drug-likeness (QED) is 0.288. The summed E-state index contributed by atoms with van der Waals surface area (Å²) in [7, 11) is -1.16. The highest BCUT2D eigenvalue weighted by molar-refractivity contribution is 7.88. The van der Waals surface area contributed by atoms with Gasteiger partial charge in [-0.15, -0.1) is 0 Å². The first kappa shape index (κ1) is 28.1. The number of fused-ring (bicyclic) bond motifs is 1. The van der Waals surface area contributed by atoms with Gasteiger partial charge in [-0.3, -0.25) is 9.36 Å². The number of anilines is 3. The Bertz CT molecular complexity index is 1650. The van der Waals surface area contributed by atoms with Crippen LogP contribution < -0.4 is 14.9 Å². The van der Waals surface area contributed by atoms with E-state index in [4.69, 9.17) is 11.6 Å². The number of hydrogen-bond acceptors (Lipinski definition) is 7. The molecule has 1 fully saturated rings. The van der Waals surface area contributed by atoms with E-state index in [0.717, 1.165) is 48.1 Å². The van der Waals surface area contributed by atoms with Crippen molar-refractivity contribution in [2.24, 2.45) is 5.92 Å². The smallest absolute Gasteiger partial charge is 0.265 e. The molecule has 0 amide bonds. The Morgan fingerprint density at radius 2 is 1.77 bits per heavy atom. The Morgan fingerprint density at radius 3 is 2.52 bits per heavy atom. The van der Waals surface area contributed by atoms with Crippen molar-refractivity contribution >= 4 is 55.8 Å². The maximum atomic E-state index is 13.8. The first-order chi connectivity index (χ1) is 19.1. The van der Waals surface area contributed by atoms with Crippen molar-refractivity contribution in [2.75, 3.05) is 30.1 Å². The summed E-state index contributed by atoms with van der Waals surface area (Å²) < 4.78 is 27.1. The van der Waals surface area contributed by atoms with Crippen LogP contribution in [0.25, 0.3) is 11.0 Å². The Labute approximate surface area is 239 Å². The van der Waals surface area contributed by atoms with Crippen LogP contribution in [0.1, 0.15) is 41.6 Å². The number of carbonyl (C=O) groups excluding carboxylic acids is 1. The predicted molar refractivity (Wildman–Crippen MR) is 160 cm³/mol. The van der Waals surface area contributed by atoms with Crippen LogP contribution in [0.5, 0.6) is 0 Å². The molecule has 2 aromatic carbocycles. The van der Waals surface area contributed by atoms with Gasteiger partial charge in [0.2, 0.25) is 10.0 Å². The molecule has 0 aliphatic heterocycles. The number of sulfonamides is 1. The second kappa shape index (κ2) is 11.6. The van der Waals surface area contributed by atoms with E-state index in [-0.39, 0.29) is 11.9 Å². The van der Waals surface area contributed by atoms with Gasteiger partial charge >= 0.3 is 0 Å². The van der Waals surface area contributed by atoms with Crippen molar-refractivity contribution < 1.29 is 13.2 Å². The van der Waals surface area contributed by atoms with Gasteiger partial charge in [-0.05, 0) is 74.4 Å². The minimum absolute atomic E-state index is 0.205. The molecule has 9 nitrogen and oxygen atoms in total. The first-order valence-electron chi connectivity index (χ1n) is 13.3. The Balaban J connectivity index is 1.37. The molecule has 5 rings (SSSR count). The monoisotopic (exact) mass is 580 g/mol. The zero-order chi connectivity index (χ0) is 28.4. The second-order valence-corrected chi connectivity index (χ2v) is 12.7. The van der Waals surface area contributed by atoms with Crippen LogP contribution in [-0.4, -0.2) is 54.8 Å². The highest BCUT2D eigenvalue weighted by Crippen LogP contribution is 2.33. The highest BCUT2D eigenvalue weighted by Gasteiger charge is 2.27. The third-order valence-electron chi connectivity index (χ3n) is 7.71. The number of rotatable bonds is 8. The lowest BCUT2D eigenvalue weighted by Crippen LogP contribution is -2.38. The number of nitrogens with zero attached hydrogens (tertiary/aromatic N) is 4. The molecule has 1 aliphatic carbocycles. The molecule has 210 valence electrons. The molecule has 0 saturated heterocycles. The Kier molecular flexibility index (Phi) is 8.11. The van der Waals surface area contributed by atoms with Gasteiger partial charge in [0.15, 0.2) is 5.65 Å². The SMILES string of the molecule is Cc1c(Cl)cccc1Nc1ccccc1C(=O)n1ccc2c(N(C)C3CCC(CNS(C)(=O)=O)CC3)ncnc21. The molecule has 0 atom stereocenters. The molecule has 2 heterocycles. The maximum absolute atomic E-state index is 13.8. The zero-order valence-corrected chi connectivity index (χ0v) is 24.3. The standard InChI is InChI=1S/C29H33ClN6O3S/c1-19-24(30)8-6-10-25(19)34-26-9-5-4-7-22(26)29(37)36-16-15-23-27(31-18-32-28(23)36)35(2)21-13-11-20(12-14-21)17-33-40(3,38)39/h4-10,15-16,18,20-21,33-34H,11-14,17H2,1-3H3. The van der Waals surface area contributed by atoms with Gasteiger partial charge < -0.3 is 10.2 Å². The number of nitrogens with one attached hydrogen (secondary N) is 2. The molecule has 40 heavy (non-hydrogen) atoms. The average molecular weight is 581 g/mol. The summed E-state index contributed by atoms with van der Waals surface area (Å²) in [6.45, 7) is 2.41. The zero-order valence-electron chi connectivity index (χ0n) is 22.8. The van der Waals surface area contributed by atoms with Gasteiger partial charge in [-0.2, -0.15) is 0 Å². The van der Waals surface area contributed by atoms with E-state index < -0.39 is 10.0 Å². The fourth-order valence-corrected chi connectivity index (χ4v) is 6.07.